The van der Waals surface area contributed by atoms with Crippen molar-refractivity contribution in [3.8, 4) is 5.75 Å². The predicted molar refractivity (Wildman–Crippen MR) is 43.2 cm³/mol. The van der Waals surface area contributed by atoms with Crippen LogP contribution >= 0.6 is 0 Å². The van der Waals surface area contributed by atoms with Crippen LogP contribution in [0.4, 0.5) is 17.6 Å². The number of aromatic hydroxyl groups is 1. The largest absolute Gasteiger partial charge is 0.503 e. The van der Waals surface area contributed by atoms with Gasteiger partial charge in [-0.3, -0.25) is 0 Å². The number of hydrogen-bond donors (Lipinski definition) is 2. The molecule has 6 heteroatoms. The van der Waals surface area contributed by atoms with Crippen LogP contribution in [0.3, 0.4) is 0 Å². The molecule has 0 spiro atoms. The van der Waals surface area contributed by atoms with Gasteiger partial charge in [-0.15, -0.1) is 0 Å². The van der Waals surface area contributed by atoms with E-state index in [9.17, 15) is 22.7 Å². The van der Waals surface area contributed by atoms with Crippen molar-refractivity contribution in [3.63, 3.8) is 0 Å². The molecule has 0 saturated heterocycles. The molecule has 1 aromatic rings. The number of halogens is 4. The normalized spacial score (nSPS) is 11.9. The molecule has 0 aliphatic carbocycles. The summed E-state index contributed by atoms with van der Waals surface area (Å²) in [6.45, 7) is 1.93. The number of rotatable bonds is 1. The molecule has 1 rings (SSSR count). The van der Waals surface area contributed by atoms with Gasteiger partial charge in [-0.1, -0.05) is 0 Å². The lowest BCUT2D eigenvalue weighted by Gasteiger charge is -2.20. The first-order valence-corrected chi connectivity index (χ1v) is 3.95. The molecule has 84 valence electrons. The van der Waals surface area contributed by atoms with Gasteiger partial charge in [0.05, 0.1) is 11.2 Å². The Morgan fingerprint density at radius 3 is 1.47 bits per heavy atom. The molecule has 0 bridgehead atoms. The summed E-state index contributed by atoms with van der Waals surface area (Å²) in [5.74, 6) is -9.20. The third-order valence-electron chi connectivity index (χ3n) is 1.85. The topological polar surface area (TPSA) is 40.5 Å². The van der Waals surface area contributed by atoms with Crippen molar-refractivity contribution in [1.29, 1.82) is 0 Å². The van der Waals surface area contributed by atoms with Gasteiger partial charge in [0.2, 0.25) is 11.6 Å². The molecule has 0 radical (unpaired) electrons. The second-order valence-electron chi connectivity index (χ2n) is 3.54. The molecule has 2 nitrogen and oxygen atoms in total. The third kappa shape index (κ3) is 1.77. The van der Waals surface area contributed by atoms with E-state index in [1.165, 1.54) is 0 Å². The minimum Gasteiger partial charge on any atom is -0.503 e. The Labute approximate surface area is 82.8 Å². The molecule has 0 aliphatic rings. The molecule has 0 amide bonds. The summed E-state index contributed by atoms with van der Waals surface area (Å²) in [4.78, 5) is 0. The van der Waals surface area contributed by atoms with Gasteiger partial charge in [0.1, 0.15) is 0 Å². The lowest BCUT2D eigenvalue weighted by Crippen LogP contribution is -2.21. The van der Waals surface area contributed by atoms with Crippen molar-refractivity contribution in [2.75, 3.05) is 0 Å². The highest BCUT2D eigenvalue weighted by molar-refractivity contribution is 5.35. The van der Waals surface area contributed by atoms with E-state index in [2.05, 4.69) is 0 Å². The van der Waals surface area contributed by atoms with Crippen LogP contribution in [0.5, 0.6) is 5.75 Å². The molecule has 0 aliphatic heterocycles. The molecule has 15 heavy (non-hydrogen) atoms. The average molecular weight is 224 g/mol. The van der Waals surface area contributed by atoms with Crippen molar-refractivity contribution in [2.45, 2.75) is 19.4 Å². The molecule has 1 aromatic carbocycles. The quantitative estimate of drug-likeness (QED) is 0.567. The Bertz CT molecular complexity index is 381. The van der Waals surface area contributed by atoms with E-state index in [0.717, 1.165) is 13.8 Å². The number of phenolic OH excluding ortho intramolecular Hbond substituents is 1. The molecule has 2 N–H and O–H groups in total. The molecular formula is C9H8F4O2. The molecule has 0 aromatic heterocycles. The van der Waals surface area contributed by atoms with Crippen LogP contribution in [0.1, 0.15) is 19.4 Å². The molecule has 0 heterocycles. The fourth-order valence-electron chi connectivity index (χ4n) is 1.16. The summed E-state index contributed by atoms with van der Waals surface area (Å²) in [6, 6.07) is 0. The van der Waals surface area contributed by atoms with Crippen LogP contribution < -0.4 is 0 Å². The zero-order valence-electron chi connectivity index (χ0n) is 7.91. The van der Waals surface area contributed by atoms with Gasteiger partial charge in [-0.05, 0) is 13.8 Å². The Balaban J connectivity index is 3.68. The summed E-state index contributed by atoms with van der Waals surface area (Å²) in [5.41, 5.74) is -3.25. The van der Waals surface area contributed by atoms with Gasteiger partial charge in [0.15, 0.2) is 17.4 Å². The maximum atomic E-state index is 13.1. The smallest absolute Gasteiger partial charge is 0.204 e. The molecule has 0 atom stereocenters. The van der Waals surface area contributed by atoms with Gasteiger partial charge in [-0.2, -0.15) is 8.78 Å². The summed E-state index contributed by atoms with van der Waals surface area (Å²) >= 11 is 0. The second kappa shape index (κ2) is 3.37. The number of hydrogen-bond acceptors (Lipinski definition) is 2. The van der Waals surface area contributed by atoms with Crippen LogP contribution in [0.2, 0.25) is 0 Å². The average Bonchev–Trinajstić information content (AvgIpc) is 2.09. The van der Waals surface area contributed by atoms with Gasteiger partial charge < -0.3 is 10.2 Å². The van der Waals surface area contributed by atoms with Crippen molar-refractivity contribution in [1.82, 2.24) is 0 Å². The minimum absolute atomic E-state index is 0.963. The summed E-state index contributed by atoms with van der Waals surface area (Å²) < 4.78 is 51.8. The Morgan fingerprint density at radius 1 is 0.867 bits per heavy atom. The summed E-state index contributed by atoms with van der Waals surface area (Å²) in [6.07, 6.45) is 0. The van der Waals surface area contributed by atoms with Crippen LogP contribution in [0, 0.1) is 23.3 Å². The van der Waals surface area contributed by atoms with Crippen LogP contribution in [-0.4, -0.2) is 10.2 Å². The zero-order valence-corrected chi connectivity index (χ0v) is 7.91. The first-order chi connectivity index (χ1) is 6.68. The fourth-order valence-corrected chi connectivity index (χ4v) is 1.16. The highest BCUT2D eigenvalue weighted by Crippen LogP contribution is 2.34. The monoisotopic (exact) mass is 224 g/mol. The number of phenols is 1. The van der Waals surface area contributed by atoms with Gasteiger partial charge in [0, 0.05) is 0 Å². The highest BCUT2D eigenvalue weighted by Gasteiger charge is 2.33. The van der Waals surface area contributed by atoms with E-state index in [1.807, 2.05) is 0 Å². The van der Waals surface area contributed by atoms with Gasteiger partial charge in [0.25, 0.3) is 0 Å². The Kier molecular flexibility index (Phi) is 2.65. The summed E-state index contributed by atoms with van der Waals surface area (Å²) in [7, 11) is 0. The highest BCUT2D eigenvalue weighted by atomic mass is 19.2. The molecular weight excluding hydrogens is 216 g/mol. The van der Waals surface area contributed by atoms with Crippen molar-refractivity contribution >= 4 is 0 Å². The molecule has 0 unspecified atom stereocenters. The number of benzene rings is 1. The van der Waals surface area contributed by atoms with Crippen LogP contribution in [-0.2, 0) is 5.60 Å². The van der Waals surface area contributed by atoms with Gasteiger partial charge in [-0.25, -0.2) is 8.78 Å². The third-order valence-corrected chi connectivity index (χ3v) is 1.85. The van der Waals surface area contributed by atoms with Gasteiger partial charge >= 0.3 is 0 Å². The van der Waals surface area contributed by atoms with E-state index in [4.69, 9.17) is 5.11 Å². The van der Waals surface area contributed by atoms with E-state index in [1.54, 1.807) is 0 Å². The van der Waals surface area contributed by atoms with Crippen molar-refractivity contribution < 1.29 is 27.8 Å². The van der Waals surface area contributed by atoms with E-state index in [0.29, 0.717) is 0 Å². The fraction of sp³-hybridized carbons (Fsp3) is 0.333. The van der Waals surface area contributed by atoms with E-state index < -0.39 is 40.2 Å². The summed E-state index contributed by atoms with van der Waals surface area (Å²) in [5, 5.41) is 17.9. The molecule has 0 saturated carbocycles. The maximum Gasteiger partial charge on any atom is 0.204 e. The lowest BCUT2D eigenvalue weighted by molar-refractivity contribution is 0.0678. The second-order valence-corrected chi connectivity index (χ2v) is 3.54. The lowest BCUT2D eigenvalue weighted by atomic mass is 9.96. The standard InChI is InChI=1S/C9H8F4O2/c1-9(2,15)3-4(10)6(12)8(14)7(13)5(3)11/h14-15H,1-2H3. The van der Waals surface area contributed by atoms with Crippen molar-refractivity contribution in [2.24, 2.45) is 0 Å². The number of aliphatic hydroxyl groups is 1. The first-order valence-electron chi connectivity index (χ1n) is 3.95. The Morgan fingerprint density at radius 2 is 1.20 bits per heavy atom. The zero-order chi connectivity index (χ0) is 12.0. The van der Waals surface area contributed by atoms with E-state index >= 15 is 0 Å². The Hall–Kier alpha value is -1.30. The minimum atomic E-state index is -2.09. The predicted octanol–water partition coefficient (Wildman–Crippen LogP) is 2.18. The van der Waals surface area contributed by atoms with Crippen LogP contribution in [0.25, 0.3) is 0 Å². The first kappa shape index (κ1) is 11.8. The SMILES string of the molecule is CC(C)(O)c1c(F)c(F)c(O)c(F)c1F. The van der Waals surface area contributed by atoms with E-state index in [-0.39, 0.29) is 0 Å². The van der Waals surface area contributed by atoms with Crippen LogP contribution in [0.15, 0.2) is 0 Å². The maximum absolute atomic E-state index is 13.1. The van der Waals surface area contributed by atoms with Crippen molar-refractivity contribution in [3.05, 3.63) is 28.8 Å². The molecule has 0 fully saturated rings.